The fraction of sp³-hybridized carbons (Fsp3) is 0.0357. The van der Waals surface area contributed by atoms with E-state index in [1.165, 1.54) is 28.6 Å². The maximum Gasteiger partial charge on any atom is 0.339 e. The van der Waals surface area contributed by atoms with Crippen molar-refractivity contribution in [3.63, 3.8) is 0 Å². The minimum atomic E-state index is -0.508. The molecule has 10 heteroatoms. The molecule has 186 valence electrons. The number of nitriles is 1. The van der Waals surface area contributed by atoms with Crippen molar-refractivity contribution in [2.45, 2.75) is 0 Å². The van der Waals surface area contributed by atoms with Crippen molar-refractivity contribution in [3.05, 3.63) is 107 Å². The Hall–Kier alpha value is -5.69. The molecule has 0 radical (unpaired) electrons. The lowest BCUT2D eigenvalue weighted by Gasteiger charge is -2.08. The van der Waals surface area contributed by atoms with Gasteiger partial charge in [0.25, 0.3) is 5.91 Å². The molecule has 3 aromatic carbocycles. The number of benzene rings is 3. The summed E-state index contributed by atoms with van der Waals surface area (Å²) in [7, 11) is 1.45. The van der Waals surface area contributed by atoms with Crippen molar-refractivity contribution in [2.24, 2.45) is 0 Å². The number of amides is 1. The third-order valence-corrected chi connectivity index (χ3v) is 5.75. The molecule has 1 amide bonds. The Kier molecular flexibility index (Phi) is 6.40. The number of para-hydroxylation sites is 1. The van der Waals surface area contributed by atoms with Crippen molar-refractivity contribution in [3.8, 4) is 28.9 Å². The number of nitrogens with zero attached hydrogens (tertiary/aromatic N) is 5. The second-order valence-electron chi connectivity index (χ2n) is 8.14. The molecule has 0 aliphatic heterocycles. The number of carbonyl (C=O) groups excluding carboxylic acids is 1. The van der Waals surface area contributed by atoms with Gasteiger partial charge in [0.05, 0.1) is 11.4 Å². The molecule has 0 bridgehead atoms. The van der Waals surface area contributed by atoms with E-state index in [4.69, 9.17) is 10.5 Å². The second kappa shape index (κ2) is 10.1. The summed E-state index contributed by atoms with van der Waals surface area (Å²) in [6.45, 7) is 0. The topological polar surface area (TPSA) is 141 Å². The number of likely N-dealkylation sites (N-methyl/N-ethyl adjacent to an activating group) is 1. The third-order valence-electron chi connectivity index (χ3n) is 5.75. The van der Waals surface area contributed by atoms with Gasteiger partial charge in [-0.25, -0.2) is 19.3 Å². The highest BCUT2D eigenvalue weighted by atomic mass is 16.5. The Bertz CT molecular complexity index is 1780. The van der Waals surface area contributed by atoms with Gasteiger partial charge in [0.1, 0.15) is 35.0 Å². The van der Waals surface area contributed by atoms with Gasteiger partial charge in [-0.2, -0.15) is 5.26 Å². The number of imidazole rings is 1. The number of fused-ring (bicyclic) bond motifs is 1. The SMILES string of the molecule is CNC(=O)/C(C#N)=C/c1cccc(-n2c(=O)n(-c3ccc(Oc4ccccc4)cc3)c3c(N)ncnc32)c1. The van der Waals surface area contributed by atoms with Crippen molar-refractivity contribution in [1.29, 1.82) is 5.26 Å². The number of ether oxygens (including phenoxy) is 1. The minimum Gasteiger partial charge on any atom is -0.457 e. The quantitative estimate of drug-likeness (QED) is 0.266. The summed E-state index contributed by atoms with van der Waals surface area (Å²) >= 11 is 0. The fourth-order valence-electron chi connectivity index (χ4n) is 4.01. The first kappa shape index (κ1) is 24.0. The maximum absolute atomic E-state index is 13.8. The van der Waals surface area contributed by atoms with Gasteiger partial charge in [-0.15, -0.1) is 0 Å². The van der Waals surface area contributed by atoms with E-state index >= 15 is 0 Å². The molecular formula is C28H21N7O3. The first-order chi connectivity index (χ1) is 18.5. The van der Waals surface area contributed by atoms with Crippen LogP contribution in [0.5, 0.6) is 11.5 Å². The summed E-state index contributed by atoms with van der Waals surface area (Å²) in [4.78, 5) is 34.2. The lowest BCUT2D eigenvalue weighted by atomic mass is 10.1. The van der Waals surface area contributed by atoms with Gasteiger partial charge in [-0.1, -0.05) is 30.3 Å². The number of rotatable bonds is 6. The molecule has 0 saturated carbocycles. The molecule has 0 unspecified atom stereocenters. The zero-order valence-corrected chi connectivity index (χ0v) is 20.2. The smallest absolute Gasteiger partial charge is 0.339 e. The number of anilines is 1. The van der Waals surface area contributed by atoms with Crippen LogP contribution in [0.3, 0.4) is 0 Å². The van der Waals surface area contributed by atoms with Crippen LogP contribution in [0.15, 0.2) is 95.6 Å². The average molecular weight is 504 g/mol. The molecule has 10 nitrogen and oxygen atoms in total. The molecule has 0 saturated heterocycles. The van der Waals surface area contributed by atoms with Gasteiger partial charge in [0.2, 0.25) is 0 Å². The van der Waals surface area contributed by atoms with Gasteiger partial charge >= 0.3 is 5.69 Å². The number of hydrogen-bond donors (Lipinski definition) is 2. The van der Waals surface area contributed by atoms with Crippen molar-refractivity contribution >= 4 is 29.0 Å². The summed E-state index contributed by atoms with van der Waals surface area (Å²) in [5.41, 5.74) is 7.95. The van der Waals surface area contributed by atoms with Crippen LogP contribution in [0.1, 0.15) is 5.56 Å². The van der Waals surface area contributed by atoms with E-state index in [1.807, 2.05) is 36.4 Å². The van der Waals surface area contributed by atoms with Crippen LogP contribution in [0.4, 0.5) is 5.82 Å². The first-order valence-electron chi connectivity index (χ1n) is 11.5. The molecule has 2 aromatic heterocycles. The zero-order valence-electron chi connectivity index (χ0n) is 20.2. The summed E-state index contributed by atoms with van der Waals surface area (Å²) < 4.78 is 8.71. The third kappa shape index (κ3) is 4.47. The molecule has 0 spiro atoms. The van der Waals surface area contributed by atoms with E-state index in [0.29, 0.717) is 39.6 Å². The van der Waals surface area contributed by atoms with E-state index < -0.39 is 11.6 Å². The molecule has 38 heavy (non-hydrogen) atoms. The maximum atomic E-state index is 13.8. The van der Waals surface area contributed by atoms with Crippen LogP contribution in [-0.2, 0) is 4.79 Å². The standard InChI is InChI=1S/C28H21N7O3/c1-31-27(36)19(16-29)14-18-6-5-7-21(15-18)35-26-24(25(30)32-17-33-26)34(28(35)37)20-10-12-23(13-11-20)38-22-8-3-2-4-9-22/h2-15,17H,1H3,(H,31,36)(H2,30,32,33)/b19-14+. The molecule has 5 aromatic rings. The summed E-state index contributed by atoms with van der Waals surface area (Å²) in [6, 6.07) is 25.1. The molecule has 0 aliphatic rings. The van der Waals surface area contributed by atoms with Crippen LogP contribution >= 0.6 is 0 Å². The van der Waals surface area contributed by atoms with E-state index in [2.05, 4.69) is 15.3 Å². The Labute approximate surface area is 216 Å². The van der Waals surface area contributed by atoms with Crippen LogP contribution in [0, 0.1) is 11.3 Å². The number of carbonyl (C=O) groups is 1. The Balaban J connectivity index is 1.62. The largest absolute Gasteiger partial charge is 0.457 e. The highest BCUT2D eigenvalue weighted by molar-refractivity contribution is 6.01. The normalized spacial score (nSPS) is 11.2. The average Bonchev–Trinajstić information content (AvgIpc) is 3.25. The summed E-state index contributed by atoms with van der Waals surface area (Å²) in [5, 5.41) is 11.8. The molecule has 0 aliphatic carbocycles. The molecular weight excluding hydrogens is 482 g/mol. The highest BCUT2D eigenvalue weighted by Gasteiger charge is 2.20. The minimum absolute atomic E-state index is 0.0659. The Morgan fingerprint density at radius 1 is 0.974 bits per heavy atom. The van der Waals surface area contributed by atoms with E-state index in [1.54, 1.807) is 48.5 Å². The van der Waals surface area contributed by atoms with Crippen LogP contribution < -0.4 is 21.5 Å². The fourth-order valence-corrected chi connectivity index (χ4v) is 4.01. The molecule has 3 N–H and O–H groups in total. The Morgan fingerprint density at radius 2 is 1.71 bits per heavy atom. The van der Waals surface area contributed by atoms with Gasteiger partial charge in [0, 0.05) is 7.05 Å². The Morgan fingerprint density at radius 3 is 2.42 bits per heavy atom. The van der Waals surface area contributed by atoms with Crippen LogP contribution in [0.25, 0.3) is 28.6 Å². The number of nitrogen functional groups attached to an aromatic ring is 1. The summed E-state index contributed by atoms with van der Waals surface area (Å²) in [5.74, 6) is 0.922. The van der Waals surface area contributed by atoms with Gasteiger partial charge in [-0.05, 0) is 60.2 Å². The number of nitrogens with two attached hydrogens (primary N) is 1. The molecule has 0 fully saturated rings. The number of aromatic nitrogens is 4. The van der Waals surface area contributed by atoms with Gasteiger partial charge in [-0.3, -0.25) is 9.36 Å². The number of hydrogen-bond acceptors (Lipinski definition) is 7. The highest BCUT2D eigenvalue weighted by Crippen LogP contribution is 2.26. The van der Waals surface area contributed by atoms with Gasteiger partial charge in [0.15, 0.2) is 11.5 Å². The molecule has 5 rings (SSSR count). The lowest BCUT2D eigenvalue weighted by molar-refractivity contribution is -0.116. The van der Waals surface area contributed by atoms with E-state index in [9.17, 15) is 14.9 Å². The van der Waals surface area contributed by atoms with Gasteiger partial charge < -0.3 is 15.8 Å². The lowest BCUT2D eigenvalue weighted by Crippen LogP contribution is -2.22. The monoisotopic (exact) mass is 503 g/mol. The van der Waals surface area contributed by atoms with Crippen molar-refractivity contribution in [1.82, 2.24) is 24.4 Å². The van der Waals surface area contributed by atoms with Crippen LogP contribution in [-0.4, -0.2) is 32.1 Å². The van der Waals surface area contributed by atoms with E-state index in [-0.39, 0.29) is 11.4 Å². The predicted octanol–water partition coefficient (Wildman–Crippen LogP) is 3.60. The zero-order chi connectivity index (χ0) is 26.6. The van der Waals surface area contributed by atoms with E-state index in [0.717, 1.165) is 0 Å². The predicted molar refractivity (Wildman–Crippen MR) is 143 cm³/mol. The van der Waals surface area contributed by atoms with Crippen LogP contribution in [0.2, 0.25) is 0 Å². The second-order valence-corrected chi connectivity index (χ2v) is 8.14. The van der Waals surface area contributed by atoms with Crippen molar-refractivity contribution < 1.29 is 9.53 Å². The molecule has 0 atom stereocenters. The van der Waals surface area contributed by atoms with Crippen molar-refractivity contribution in [2.75, 3.05) is 12.8 Å². The number of nitrogens with one attached hydrogen (secondary N) is 1. The summed E-state index contributed by atoms with van der Waals surface area (Å²) in [6.07, 6.45) is 2.74. The molecule has 2 heterocycles. The first-order valence-corrected chi connectivity index (χ1v) is 11.5.